The van der Waals surface area contributed by atoms with Crippen LogP contribution in [-0.4, -0.2) is 48.8 Å². The maximum absolute atomic E-state index is 13.0. The van der Waals surface area contributed by atoms with Crippen molar-refractivity contribution in [3.05, 3.63) is 57.8 Å². The Kier molecular flexibility index (Phi) is 5.64. The van der Waals surface area contributed by atoms with Crippen molar-refractivity contribution in [2.24, 2.45) is 0 Å². The number of anilines is 1. The molecule has 0 radical (unpaired) electrons. The summed E-state index contributed by atoms with van der Waals surface area (Å²) in [5, 5.41) is 10.9. The minimum Gasteiger partial charge on any atom is -0.354 e. The normalized spacial score (nSPS) is 16.1. The van der Waals surface area contributed by atoms with Crippen LogP contribution in [0.1, 0.15) is 31.9 Å². The number of aromatic nitrogens is 1. The molecule has 0 amide bonds. The number of rotatable bonds is 4. The van der Waals surface area contributed by atoms with Crippen molar-refractivity contribution in [2.45, 2.75) is 38.0 Å². The smallest absolute Gasteiger partial charge is 0.287 e. The number of benzene rings is 1. The summed E-state index contributed by atoms with van der Waals surface area (Å²) in [5.74, 6) is 0.655. The fraction of sp³-hybridized carbons (Fsp3) is 0.450. The molecule has 1 aromatic carbocycles. The summed E-state index contributed by atoms with van der Waals surface area (Å²) in [7, 11) is -3.56. The Labute approximate surface area is 171 Å². The van der Waals surface area contributed by atoms with Crippen LogP contribution in [0.2, 0.25) is 0 Å². The molecule has 8 nitrogen and oxygen atoms in total. The molecule has 2 heterocycles. The summed E-state index contributed by atoms with van der Waals surface area (Å²) in [5.41, 5.74) is 1.70. The minimum absolute atomic E-state index is 0.0382. The maximum atomic E-state index is 13.0. The van der Waals surface area contributed by atoms with E-state index in [0.717, 1.165) is 5.56 Å². The van der Waals surface area contributed by atoms with Crippen molar-refractivity contribution in [1.82, 2.24) is 9.29 Å². The lowest BCUT2D eigenvalue weighted by atomic mass is 9.87. The topological polar surface area (TPSA) is 96.7 Å². The Balaban J connectivity index is 1.72. The van der Waals surface area contributed by atoms with E-state index in [1.165, 1.54) is 16.6 Å². The summed E-state index contributed by atoms with van der Waals surface area (Å²) in [4.78, 5) is 16.9. The molecule has 1 saturated heterocycles. The van der Waals surface area contributed by atoms with E-state index in [4.69, 9.17) is 0 Å². The molecule has 156 valence electrons. The second-order valence-electron chi connectivity index (χ2n) is 8.26. The second kappa shape index (κ2) is 7.72. The van der Waals surface area contributed by atoms with Crippen LogP contribution in [0.3, 0.4) is 0 Å². The van der Waals surface area contributed by atoms with E-state index in [1.807, 2.05) is 17.0 Å². The van der Waals surface area contributed by atoms with Gasteiger partial charge in [-0.05, 0) is 35.6 Å². The van der Waals surface area contributed by atoms with E-state index >= 15 is 0 Å². The number of hydrogen-bond acceptors (Lipinski definition) is 6. The third-order valence-corrected chi connectivity index (χ3v) is 7.06. The molecule has 0 unspecified atom stereocenters. The van der Waals surface area contributed by atoms with Crippen LogP contribution in [0, 0.1) is 17.0 Å². The van der Waals surface area contributed by atoms with Crippen molar-refractivity contribution >= 4 is 21.5 Å². The van der Waals surface area contributed by atoms with Gasteiger partial charge in [-0.2, -0.15) is 4.31 Å². The number of sulfonamides is 1. The molecule has 1 aliphatic rings. The fourth-order valence-corrected chi connectivity index (χ4v) is 4.82. The van der Waals surface area contributed by atoms with E-state index in [1.54, 1.807) is 19.1 Å². The predicted octanol–water partition coefficient (Wildman–Crippen LogP) is 3.11. The van der Waals surface area contributed by atoms with Gasteiger partial charge >= 0.3 is 0 Å². The summed E-state index contributed by atoms with van der Waals surface area (Å²) in [6, 6.07) is 8.57. The van der Waals surface area contributed by atoms with Gasteiger partial charge in [0, 0.05) is 32.2 Å². The van der Waals surface area contributed by atoms with Crippen LogP contribution in [0.25, 0.3) is 0 Å². The van der Waals surface area contributed by atoms with E-state index < -0.39 is 14.9 Å². The van der Waals surface area contributed by atoms with E-state index in [9.17, 15) is 18.5 Å². The molecule has 0 saturated carbocycles. The Morgan fingerprint density at radius 3 is 2.14 bits per heavy atom. The third kappa shape index (κ3) is 4.40. The highest BCUT2D eigenvalue weighted by Crippen LogP contribution is 2.27. The van der Waals surface area contributed by atoms with Crippen molar-refractivity contribution in [1.29, 1.82) is 0 Å². The van der Waals surface area contributed by atoms with Gasteiger partial charge < -0.3 is 4.90 Å². The minimum atomic E-state index is -3.56. The molecular formula is C20H26N4O4S. The first-order chi connectivity index (χ1) is 13.5. The van der Waals surface area contributed by atoms with Crippen LogP contribution in [0.5, 0.6) is 0 Å². The van der Waals surface area contributed by atoms with Gasteiger partial charge in [0.25, 0.3) is 5.69 Å². The predicted molar refractivity (Wildman–Crippen MR) is 112 cm³/mol. The zero-order valence-electron chi connectivity index (χ0n) is 17.1. The van der Waals surface area contributed by atoms with Crippen molar-refractivity contribution in [3.63, 3.8) is 0 Å². The molecule has 3 rings (SSSR count). The number of hydrogen-bond donors (Lipinski definition) is 0. The maximum Gasteiger partial charge on any atom is 0.287 e. The van der Waals surface area contributed by atoms with Gasteiger partial charge in [-0.25, -0.2) is 13.4 Å². The molecule has 2 aromatic rings. The summed E-state index contributed by atoms with van der Waals surface area (Å²) < 4.78 is 27.5. The number of piperazine rings is 1. The number of nitro groups is 1. The zero-order valence-corrected chi connectivity index (χ0v) is 17.9. The standard InChI is InChI=1S/C20H26N4O4S/c1-15-13-17(24(25)26)14-21-19(15)22-9-11-23(12-10-22)29(27,28)18-7-5-16(6-8-18)20(2,3)4/h5-8,13-14H,9-12H2,1-4H3. The monoisotopic (exact) mass is 418 g/mol. The first-order valence-electron chi connectivity index (χ1n) is 9.47. The lowest BCUT2D eigenvalue weighted by Crippen LogP contribution is -2.49. The quantitative estimate of drug-likeness (QED) is 0.559. The first kappa shape index (κ1) is 21.2. The molecule has 9 heteroatoms. The molecule has 29 heavy (non-hydrogen) atoms. The molecule has 0 aliphatic carbocycles. The van der Waals surface area contributed by atoms with E-state index in [0.29, 0.717) is 42.5 Å². The molecule has 0 N–H and O–H groups in total. The van der Waals surface area contributed by atoms with E-state index in [2.05, 4.69) is 25.8 Å². The Bertz CT molecular complexity index is 1010. The van der Waals surface area contributed by atoms with Crippen LogP contribution in [0.15, 0.2) is 41.4 Å². The van der Waals surface area contributed by atoms with Gasteiger partial charge in [-0.15, -0.1) is 0 Å². The third-order valence-electron chi connectivity index (χ3n) is 5.14. The van der Waals surface area contributed by atoms with Gasteiger partial charge in [-0.3, -0.25) is 10.1 Å². The van der Waals surface area contributed by atoms with Gasteiger partial charge in [-0.1, -0.05) is 32.9 Å². The number of pyridine rings is 1. The van der Waals surface area contributed by atoms with Crippen LogP contribution >= 0.6 is 0 Å². The molecule has 0 bridgehead atoms. The largest absolute Gasteiger partial charge is 0.354 e. The van der Waals surface area contributed by atoms with Gasteiger partial charge in [0.2, 0.25) is 10.0 Å². The van der Waals surface area contributed by atoms with Gasteiger partial charge in [0.1, 0.15) is 12.0 Å². The van der Waals surface area contributed by atoms with Gasteiger partial charge in [0.15, 0.2) is 0 Å². The number of nitrogens with zero attached hydrogens (tertiary/aromatic N) is 4. The molecule has 0 spiro atoms. The summed E-state index contributed by atoms with van der Waals surface area (Å²) >= 11 is 0. The van der Waals surface area contributed by atoms with Gasteiger partial charge in [0.05, 0.1) is 9.82 Å². The Morgan fingerprint density at radius 1 is 1.07 bits per heavy atom. The highest BCUT2D eigenvalue weighted by atomic mass is 32.2. The number of aryl methyl sites for hydroxylation is 1. The Morgan fingerprint density at radius 2 is 1.66 bits per heavy atom. The first-order valence-corrected chi connectivity index (χ1v) is 10.9. The molecular weight excluding hydrogens is 392 g/mol. The SMILES string of the molecule is Cc1cc([N+](=O)[O-])cnc1N1CCN(S(=O)(=O)c2ccc(C(C)(C)C)cc2)CC1. The highest BCUT2D eigenvalue weighted by molar-refractivity contribution is 7.89. The van der Waals surface area contributed by atoms with E-state index in [-0.39, 0.29) is 11.1 Å². The van der Waals surface area contributed by atoms with Crippen LogP contribution in [-0.2, 0) is 15.4 Å². The lowest BCUT2D eigenvalue weighted by Gasteiger charge is -2.35. The van der Waals surface area contributed by atoms with Crippen molar-refractivity contribution in [3.8, 4) is 0 Å². The lowest BCUT2D eigenvalue weighted by molar-refractivity contribution is -0.385. The summed E-state index contributed by atoms with van der Waals surface area (Å²) in [6.45, 7) is 9.66. The average molecular weight is 419 g/mol. The van der Waals surface area contributed by atoms with Crippen LogP contribution in [0.4, 0.5) is 11.5 Å². The molecule has 1 fully saturated rings. The summed E-state index contributed by atoms with van der Waals surface area (Å²) in [6.07, 6.45) is 1.24. The molecule has 1 aliphatic heterocycles. The molecule has 0 atom stereocenters. The van der Waals surface area contributed by atoms with Crippen LogP contribution < -0.4 is 4.90 Å². The van der Waals surface area contributed by atoms with Crippen molar-refractivity contribution in [2.75, 3.05) is 31.1 Å². The fourth-order valence-electron chi connectivity index (χ4n) is 3.40. The second-order valence-corrected chi connectivity index (χ2v) is 10.2. The highest BCUT2D eigenvalue weighted by Gasteiger charge is 2.30. The average Bonchev–Trinajstić information content (AvgIpc) is 2.67. The zero-order chi connectivity index (χ0) is 21.4. The Hall–Kier alpha value is -2.52. The molecule has 1 aromatic heterocycles. The van der Waals surface area contributed by atoms with Crippen molar-refractivity contribution < 1.29 is 13.3 Å².